The molecule has 0 bridgehead atoms. The van der Waals surface area contributed by atoms with E-state index in [0.29, 0.717) is 22.8 Å². The van der Waals surface area contributed by atoms with Crippen LogP contribution in [0.25, 0.3) is 0 Å². The lowest BCUT2D eigenvalue weighted by Crippen LogP contribution is -2.30. The first-order valence-electron chi connectivity index (χ1n) is 8.77. The molecule has 0 atom stereocenters. The van der Waals surface area contributed by atoms with Gasteiger partial charge in [0.2, 0.25) is 0 Å². The highest BCUT2D eigenvalue weighted by Crippen LogP contribution is 2.29. The number of carbonyl (C=O) groups is 1. The van der Waals surface area contributed by atoms with Crippen LogP contribution in [0.15, 0.2) is 71.5 Å². The molecule has 4 rings (SSSR count). The number of benzene rings is 2. The molecule has 0 radical (unpaired) electrons. The predicted molar refractivity (Wildman–Crippen MR) is 97.1 cm³/mol. The molecular weight excluding hydrogens is 331 g/mol. The highest BCUT2D eigenvalue weighted by molar-refractivity contribution is 6.28. The van der Waals surface area contributed by atoms with Crippen LogP contribution in [0, 0.1) is 5.82 Å². The maximum absolute atomic E-state index is 13.1. The summed E-state index contributed by atoms with van der Waals surface area (Å²) in [5.41, 5.74) is 2.92. The summed E-state index contributed by atoms with van der Waals surface area (Å²) in [5, 5.41) is 3.88. The Balaban J connectivity index is 1.48. The first kappa shape index (κ1) is 16.5. The number of likely N-dealkylation sites (tertiary alicyclic amines) is 1. The summed E-state index contributed by atoms with van der Waals surface area (Å²) in [6.45, 7) is 1.74. The van der Waals surface area contributed by atoms with Gasteiger partial charge in [0, 0.05) is 24.9 Å². The van der Waals surface area contributed by atoms with Crippen LogP contribution in [0.2, 0.25) is 0 Å². The third kappa shape index (κ3) is 3.38. The Morgan fingerprint density at radius 3 is 2.42 bits per heavy atom. The molecule has 2 aliphatic rings. The quantitative estimate of drug-likeness (QED) is 0.624. The van der Waals surface area contributed by atoms with Crippen molar-refractivity contribution in [1.29, 1.82) is 0 Å². The van der Waals surface area contributed by atoms with Crippen molar-refractivity contribution in [3.8, 4) is 0 Å². The van der Waals surface area contributed by atoms with Gasteiger partial charge in [-0.3, -0.25) is 0 Å². The molecule has 26 heavy (non-hydrogen) atoms. The first-order chi connectivity index (χ1) is 12.7. The lowest BCUT2D eigenvalue weighted by molar-refractivity contribution is -0.136. The molecule has 0 spiro atoms. The van der Waals surface area contributed by atoms with Crippen molar-refractivity contribution in [3.63, 3.8) is 0 Å². The van der Waals surface area contributed by atoms with Gasteiger partial charge in [-0.25, -0.2) is 9.18 Å². The summed E-state index contributed by atoms with van der Waals surface area (Å²) in [5.74, 6) is -0.241. The van der Waals surface area contributed by atoms with E-state index in [1.54, 1.807) is 12.1 Å². The lowest BCUT2D eigenvalue weighted by atomic mass is 9.89. The molecule has 2 aliphatic heterocycles. The van der Waals surface area contributed by atoms with Gasteiger partial charge in [-0.1, -0.05) is 35.5 Å². The molecule has 2 heterocycles. The number of hydrogen-bond acceptors (Lipinski definition) is 4. The molecule has 132 valence electrons. The summed E-state index contributed by atoms with van der Waals surface area (Å²) in [4.78, 5) is 19.1. The van der Waals surface area contributed by atoms with E-state index in [1.165, 1.54) is 17.7 Å². The molecule has 0 saturated carbocycles. The average molecular weight is 350 g/mol. The zero-order valence-electron chi connectivity index (χ0n) is 14.3. The molecule has 2 aromatic rings. The Morgan fingerprint density at radius 2 is 1.73 bits per heavy atom. The van der Waals surface area contributed by atoms with Crippen molar-refractivity contribution in [2.45, 2.75) is 18.8 Å². The van der Waals surface area contributed by atoms with Crippen LogP contribution < -0.4 is 0 Å². The number of carbonyl (C=O) groups excluding carboxylic acids is 1. The smallest absolute Gasteiger partial charge is 0.369 e. The van der Waals surface area contributed by atoms with Crippen molar-refractivity contribution < 1.29 is 14.0 Å². The van der Waals surface area contributed by atoms with E-state index >= 15 is 0 Å². The van der Waals surface area contributed by atoms with Gasteiger partial charge in [0.15, 0.2) is 0 Å². The predicted octanol–water partition coefficient (Wildman–Crippen LogP) is 3.85. The summed E-state index contributed by atoms with van der Waals surface area (Å²) < 4.78 is 13.1. The molecular formula is C21H19FN2O2. The summed E-state index contributed by atoms with van der Waals surface area (Å²) in [6, 6.07) is 16.4. The maximum Gasteiger partial charge on any atom is 0.369 e. The third-order valence-electron chi connectivity index (χ3n) is 4.92. The number of nitrogens with zero attached hydrogens (tertiary/aromatic N) is 2. The second kappa shape index (κ2) is 7.12. The van der Waals surface area contributed by atoms with E-state index in [2.05, 4.69) is 34.3 Å². The van der Waals surface area contributed by atoms with Crippen LogP contribution in [0.4, 0.5) is 4.39 Å². The van der Waals surface area contributed by atoms with Gasteiger partial charge in [0.25, 0.3) is 0 Å². The first-order valence-corrected chi connectivity index (χ1v) is 8.77. The van der Waals surface area contributed by atoms with Gasteiger partial charge in [0.05, 0.1) is 0 Å². The highest BCUT2D eigenvalue weighted by atomic mass is 19.1. The molecule has 4 nitrogen and oxygen atoms in total. The Labute approximate surface area is 151 Å². The van der Waals surface area contributed by atoms with Crippen molar-refractivity contribution >= 4 is 11.7 Å². The van der Waals surface area contributed by atoms with Crippen LogP contribution in [0.3, 0.4) is 0 Å². The van der Waals surface area contributed by atoms with E-state index in [0.717, 1.165) is 25.9 Å². The summed E-state index contributed by atoms with van der Waals surface area (Å²) >= 11 is 0. The van der Waals surface area contributed by atoms with Crippen LogP contribution in [-0.2, 0) is 9.63 Å². The highest BCUT2D eigenvalue weighted by Gasteiger charge is 2.29. The van der Waals surface area contributed by atoms with Gasteiger partial charge < -0.3 is 9.74 Å². The van der Waals surface area contributed by atoms with Gasteiger partial charge in [-0.05, 0) is 48.6 Å². The second-order valence-electron chi connectivity index (χ2n) is 6.59. The molecule has 0 unspecified atom stereocenters. The molecule has 5 heteroatoms. The van der Waals surface area contributed by atoms with Crippen LogP contribution in [-0.4, -0.2) is 29.7 Å². The monoisotopic (exact) mass is 350 g/mol. The summed E-state index contributed by atoms with van der Waals surface area (Å²) in [7, 11) is 0. The minimum Gasteiger partial charge on any atom is -0.377 e. The fourth-order valence-electron chi connectivity index (χ4n) is 3.48. The van der Waals surface area contributed by atoms with Gasteiger partial charge >= 0.3 is 5.97 Å². The van der Waals surface area contributed by atoms with Crippen LogP contribution >= 0.6 is 0 Å². The van der Waals surface area contributed by atoms with E-state index in [1.807, 2.05) is 12.3 Å². The molecule has 0 amide bonds. The van der Waals surface area contributed by atoms with Crippen molar-refractivity contribution in [3.05, 3.63) is 83.3 Å². The molecule has 0 aromatic heterocycles. The molecule has 0 aliphatic carbocycles. The lowest BCUT2D eigenvalue weighted by Gasteiger charge is -2.31. The Kier molecular flexibility index (Phi) is 4.52. The van der Waals surface area contributed by atoms with Gasteiger partial charge in [-0.2, -0.15) is 0 Å². The zero-order valence-corrected chi connectivity index (χ0v) is 14.3. The topological polar surface area (TPSA) is 41.9 Å². The van der Waals surface area contributed by atoms with Crippen molar-refractivity contribution in [1.82, 2.24) is 4.90 Å². The van der Waals surface area contributed by atoms with E-state index in [4.69, 9.17) is 4.84 Å². The fraction of sp³-hybridized carbons (Fsp3) is 0.238. The van der Waals surface area contributed by atoms with Gasteiger partial charge in [0.1, 0.15) is 17.1 Å². The minimum atomic E-state index is -0.463. The molecule has 1 saturated heterocycles. The number of hydrogen-bond donors (Lipinski definition) is 0. The maximum atomic E-state index is 13.1. The minimum absolute atomic E-state index is 0.326. The van der Waals surface area contributed by atoms with E-state index in [9.17, 15) is 9.18 Å². The zero-order chi connectivity index (χ0) is 17.9. The third-order valence-corrected chi connectivity index (χ3v) is 4.92. The largest absolute Gasteiger partial charge is 0.377 e. The van der Waals surface area contributed by atoms with E-state index < -0.39 is 5.97 Å². The molecule has 2 aromatic carbocycles. The van der Waals surface area contributed by atoms with Crippen LogP contribution in [0.5, 0.6) is 0 Å². The van der Waals surface area contributed by atoms with Crippen molar-refractivity contribution in [2.75, 3.05) is 13.1 Å². The molecule has 0 N–H and O–H groups in total. The van der Waals surface area contributed by atoms with Gasteiger partial charge in [-0.15, -0.1) is 0 Å². The fourth-order valence-corrected chi connectivity index (χ4v) is 3.48. The second-order valence-corrected chi connectivity index (χ2v) is 6.59. The number of rotatable bonds is 3. The summed E-state index contributed by atoms with van der Waals surface area (Å²) in [6.07, 6.45) is 3.90. The van der Waals surface area contributed by atoms with Crippen LogP contribution in [0.1, 0.15) is 29.9 Å². The number of halogens is 1. The Bertz CT molecular complexity index is 851. The average Bonchev–Trinajstić information content (AvgIpc) is 3.04. The standard InChI is InChI=1S/C21H19FN2O2/c22-18-8-6-17(7-9-18)20-19(21(25)26-23-20)14-24-12-10-16(11-13-24)15-4-2-1-3-5-15/h1-9,14,16H,10-13H2/b19-14-. The number of oxime groups is 1. The van der Waals surface area contributed by atoms with E-state index in [-0.39, 0.29) is 5.82 Å². The SMILES string of the molecule is O=C1ON=C(c2ccc(F)cc2)/C1=C/N1CCC(c2ccccc2)CC1. The Morgan fingerprint density at radius 1 is 1.04 bits per heavy atom. The normalized spacial score (nSPS) is 19.6. The number of piperidine rings is 1. The Hall–Kier alpha value is -2.95. The molecule has 1 fully saturated rings. The van der Waals surface area contributed by atoms with Crippen molar-refractivity contribution in [2.24, 2.45) is 5.16 Å².